The molecule has 0 saturated carbocycles. The monoisotopic (exact) mass is 129 g/mol. The van der Waals surface area contributed by atoms with Crippen molar-refractivity contribution in [3.8, 4) is 0 Å². The van der Waals surface area contributed by atoms with E-state index in [1.807, 2.05) is 13.8 Å². The molecule has 0 aromatic carbocycles. The topological polar surface area (TPSA) is 12.0 Å². The van der Waals surface area contributed by atoms with E-state index < -0.39 is 0 Å². The Morgan fingerprint density at radius 2 is 2.25 bits per heavy atom. The molecule has 1 nitrogen and oxygen atoms in total. The third-order valence-corrected chi connectivity index (χ3v) is 1.22. The van der Waals surface area contributed by atoms with E-state index in [2.05, 4.69) is 11.9 Å². The molecule has 0 saturated heterocycles. The van der Waals surface area contributed by atoms with E-state index in [-0.39, 0.29) is 0 Å². The molecule has 0 spiro atoms. The van der Waals surface area contributed by atoms with Crippen molar-refractivity contribution < 1.29 is 0 Å². The van der Waals surface area contributed by atoms with Gasteiger partial charge in [0.25, 0.3) is 0 Å². The molecule has 0 amide bonds. The van der Waals surface area contributed by atoms with E-state index in [4.69, 9.17) is 12.2 Å². The number of likely N-dealkylation sites (N-methyl/N-ethyl adjacent to an activating group) is 1. The fraction of sp³-hybridized carbons (Fsp3) is 0.500. The van der Waals surface area contributed by atoms with Gasteiger partial charge in [0.1, 0.15) is 4.99 Å². The highest BCUT2D eigenvalue weighted by Crippen LogP contribution is 1.87. The molecular weight excluding hydrogens is 118 g/mol. The Morgan fingerprint density at radius 1 is 1.75 bits per heavy atom. The number of hydrogen-bond donors (Lipinski definition) is 1. The van der Waals surface area contributed by atoms with E-state index in [9.17, 15) is 0 Å². The standard InChI is InChI=1S/C6H11NS/c1-4-7-6(8)5(2)3/h2,4H2,1,3H3,(H,7,8). The fourth-order valence-corrected chi connectivity index (χ4v) is 0.456. The van der Waals surface area contributed by atoms with Gasteiger partial charge in [0.2, 0.25) is 0 Å². The maximum absolute atomic E-state index is 4.87. The van der Waals surface area contributed by atoms with Crippen molar-refractivity contribution >= 4 is 17.2 Å². The summed E-state index contributed by atoms with van der Waals surface area (Å²) in [5.74, 6) is 0. The predicted molar refractivity (Wildman–Crippen MR) is 41.1 cm³/mol. The summed E-state index contributed by atoms with van der Waals surface area (Å²) in [5, 5.41) is 2.98. The summed E-state index contributed by atoms with van der Waals surface area (Å²) in [6.07, 6.45) is 0. The first-order valence-corrected chi connectivity index (χ1v) is 3.03. The first-order valence-electron chi connectivity index (χ1n) is 2.62. The van der Waals surface area contributed by atoms with Crippen LogP contribution in [0.4, 0.5) is 0 Å². The highest BCUT2D eigenvalue weighted by Gasteiger charge is 1.89. The maximum Gasteiger partial charge on any atom is 0.101 e. The van der Waals surface area contributed by atoms with Crippen LogP contribution in [0.25, 0.3) is 0 Å². The summed E-state index contributed by atoms with van der Waals surface area (Å²) in [4.78, 5) is 0.771. The minimum Gasteiger partial charge on any atom is -0.376 e. The quantitative estimate of drug-likeness (QED) is 0.448. The van der Waals surface area contributed by atoms with Crippen molar-refractivity contribution in [3.63, 3.8) is 0 Å². The number of nitrogens with one attached hydrogen (secondary N) is 1. The summed E-state index contributed by atoms with van der Waals surface area (Å²) in [7, 11) is 0. The smallest absolute Gasteiger partial charge is 0.101 e. The van der Waals surface area contributed by atoms with Crippen LogP contribution in [0.2, 0.25) is 0 Å². The second kappa shape index (κ2) is 3.61. The lowest BCUT2D eigenvalue weighted by Crippen LogP contribution is -2.20. The Hall–Kier alpha value is -0.370. The molecule has 0 rings (SSSR count). The highest BCUT2D eigenvalue weighted by molar-refractivity contribution is 7.80. The lowest BCUT2D eigenvalue weighted by molar-refractivity contribution is 0.980. The summed E-state index contributed by atoms with van der Waals surface area (Å²) in [6, 6.07) is 0. The Morgan fingerprint density at radius 3 is 2.38 bits per heavy atom. The van der Waals surface area contributed by atoms with Crippen LogP contribution in [0.1, 0.15) is 13.8 Å². The molecule has 0 atom stereocenters. The zero-order valence-electron chi connectivity index (χ0n) is 5.32. The molecule has 0 aromatic heterocycles. The lowest BCUT2D eigenvalue weighted by Gasteiger charge is -2.01. The van der Waals surface area contributed by atoms with Crippen molar-refractivity contribution in [2.45, 2.75) is 13.8 Å². The van der Waals surface area contributed by atoms with Crippen molar-refractivity contribution in [1.29, 1.82) is 0 Å². The van der Waals surface area contributed by atoms with Gasteiger partial charge in [0.15, 0.2) is 0 Å². The molecule has 0 heterocycles. The number of thiocarbonyl (C=S) groups is 1. The summed E-state index contributed by atoms with van der Waals surface area (Å²) >= 11 is 4.87. The van der Waals surface area contributed by atoms with Gasteiger partial charge in [-0.05, 0) is 19.4 Å². The maximum atomic E-state index is 4.87. The third kappa shape index (κ3) is 2.75. The lowest BCUT2D eigenvalue weighted by atomic mass is 10.3. The molecule has 0 radical (unpaired) electrons. The Labute approximate surface area is 55.8 Å². The molecular formula is C6H11NS. The van der Waals surface area contributed by atoms with Gasteiger partial charge < -0.3 is 5.32 Å². The summed E-state index contributed by atoms with van der Waals surface area (Å²) < 4.78 is 0. The van der Waals surface area contributed by atoms with Gasteiger partial charge >= 0.3 is 0 Å². The van der Waals surface area contributed by atoms with Crippen LogP contribution in [0.3, 0.4) is 0 Å². The molecule has 1 N–H and O–H groups in total. The zero-order chi connectivity index (χ0) is 6.57. The first kappa shape index (κ1) is 7.63. The van der Waals surface area contributed by atoms with Gasteiger partial charge in [-0.25, -0.2) is 0 Å². The van der Waals surface area contributed by atoms with Gasteiger partial charge in [-0.3, -0.25) is 0 Å². The van der Waals surface area contributed by atoms with Crippen LogP contribution < -0.4 is 5.32 Å². The second-order valence-electron chi connectivity index (χ2n) is 1.64. The summed E-state index contributed by atoms with van der Waals surface area (Å²) in [6.45, 7) is 8.45. The largest absolute Gasteiger partial charge is 0.376 e. The average molecular weight is 129 g/mol. The van der Waals surface area contributed by atoms with E-state index in [0.29, 0.717) is 0 Å². The van der Waals surface area contributed by atoms with Crippen LogP contribution in [0, 0.1) is 0 Å². The van der Waals surface area contributed by atoms with Gasteiger partial charge in [-0.1, -0.05) is 18.8 Å². The zero-order valence-corrected chi connectivity index (χ0v) is 6.14. The highest BCUT2D eigenvalue weighted by atomic mass is 32.1. The molecule has 0 aliphatic carbocycles. The van der Waals surface area contributed by atoms with Crippen molar-refractivity contribution in [3.05, 3.63) is 12.2 Å². The molecule has 0 aromatic rings. The molecule has 46 valence electrons. The molecule has 0 unspecified atom stereocenters. The van der Waals surface area contributed by atoms with Crippen molar-refractivity contribution in [2.24, 2.45) is 0 Å². The number of rotatable bonds is 2. The SMILES string of the molecule is C=C(C)C(=S)NCC. The van der Waals surface area contributed by atoms with E-state index in [1.54, 1.807) is 0 Å². The molecule has 2 heteroatoms. The average Bonchev–Trinajstić information content (AvgIpc) is 1.67. The molecule has 0 fully saturated rings. The molecule has 8 heavy (non-hydrogen) atoms. The van der Waals surface area contributed by atoms with Crippen molar-refractivity contribution in [2.75, 3.05) is 6.54 Å². The van der Waals surface area contributed by atoms with E-state index in [1.165, 1.54) is 0 Å². The van der Waals surface area contributed by atoms with Crippen LogP contribution >= 0.6 is 12.2 Å². The Bertz CT molecular complexity index is 107. The second-order valence-corrected chi connectivity index (χ2v) is 2.05. The van der Waals surface area contributed by atoms with Crippen LogP contribution in [0.5, 0.6) is 0 Å². The Balaban J connectivity index is 3.49. The van der Waals surface area contributed by atoms with Crippen LogP contribution in [-0.4, -0.2) is 11.5 Å². The van der Waals surface area contributed by atoms with Gasteiger partial charge in [0, 0.05) is 6.54 Å². The minimum absolute atomic E-state index is 0.771. The van der Waals surface area contributed by atoms with Gasteiger partial charge in [-0.2, -0.15) is 0 Å². The fourth-order valence-electron chi connectivity index (χ4n) is 0.311. The third-order valence-electron chi connectivity index (χ3n) is 0.725. The summed E-state index contributed by atoms with van der Waals surface area (Å²) in [5.41, 5.74) is 0.932. The van der Waals surface area contributed by atoms with Crippen LogP contribution in [0.15, 0.2) is 12.2 Å². The molecule has 0 bridgehead atoms. The first-order chi connectivity index (χ1) is 3.68. The van der Waals surface area contributed by atoms with Crippen LogP contribution in [-0.2, 0) is 0 Å². The predicted octanol–water partition coefficient (Wildman–Crippen LogP) is 1.50. The Kier molecular flexibility index (Phi) is 3.44. The minimum atomic E-state index is 0.771. The van der Waals surface area contributed by atoms with Gasteiger partial charge in [0.05, 0.1) is 0 Å². The van der Waals surface area contributed by atoms with Gasteiger partial charge in [-0.15, -0.1) is 0 Å². The van der Waals surface area contributed by atoms with Crippen molar-refractivity contribution in [1.82, 2.24) is 5.32 Å². The molecule has 0 aliphatic rings. The van der Waals surface area contributed by atoms with E-state index >= 15 is 0 Å². The normalized spacial score (nSPS) is 8.25. The van der Waals surface area contributed by atoms with E-state index in [0.717, 1.165) is 17.1 Å². The molecule has 0 aliphatic heterocycles. The number of hydrogen-bond acceptors (Lipinski definition) is 1.